The van der Waals surface area contributed by atoms with Crippen LogP contribution in [-0.2, 0) is 6.42 Å². The molecule has 4 rings (SSSR count). The van der Waals surface area contributed by atoms with Gasteiger partial charge in [0.2, 0.25) is 5.95 Å². The summed E-state index contributed by atoms with van der Waals surface area (Å²) in [7, 11) is 2.13. The first-order valence-corrected chi connectivity index (χ1v) is 11.2. The van der Waals surface area contributed by atoms with Gasteiger partial charge >= 0.3 is 0 Å². The number of Topliss-reactive ketones (excluding diaryl/α,β-unsaturated/α-hetero) is 1. The standard InChI is InChI=1S/C23H24Cl2N6O/c1-30-10-3-11-31(13-12-30)23-27-9-7-20(29-23)28-21-15-16(6-8-26-21)14-19(32)22-17(24)4-2-5-18(22)25/h2,4-9,15H,3,10-14H2,1H3,(H,26,27,28,29). The van der Waals surface area contributed by atoms with E-state index in [1.807, 2.05) is 6.07 Å². The lowest BCUT2D eigenvalue weighted by atomic mass is 10.0. The lowest BCUT2D eigenvalue weighted by Gasteiger charge is -2.20. The molecule has 1 N–H and O–H groups in total. The van der Waals surface area contributed by atoms with Crippen molar-refractivity contribution in [2.24, 2.45) is 0 Å². The van der Waals surface area contributed by atoms with Crippen molar-refractivity contribution in [2.75, 3.05) is 43.4 Å². The highest BCUT2D eigenvalue weighted by Gasteiger charge is 2.17. The Hall–Kier alpha value is -2.74. The Kier molecular flexibility index (Phi) is 7.19. The quantitative estimate of drug-likeness (QED) is 0.531. The number of carbonyl (C=O) groups is 1. The van der Waals surface area contributed by atoms with Crippen molar-refractivity contribution in [3.63, 3.8) is 0 Å². The summed E-state index contributed by atoms with van der Waals surface area (Å²) in [6.07, 6.45) is 4.64. The fraction of sp³-hybridized carbons (Fsp3) is 0.304. The summed E-state index contributed by atoms with van der Waals surface area (Å²) in [5.41, 5.74) is 1.14. The first-order valence-electron chi connectivity index (χ1n) is 10.5. The first-order chi connectivity index (χ1) is 15.5. The minimum atomic E-state index is -0.145. The van der Waals surface area contributed by atoms with Gasteiger partial charge < -0.3 is 15.1 Å². The van der Waals surface area contributed by atoms with Crippen LogP contribution >= 0.6 is 23.2 Å². The van der Waals surface area contributed by atoms with Crippen LogP contribution in [0.2, 0.25) is 10.0 Å². The molecule has 0 amide bonds. The number of nitrogens with zero attached hydrogens (tertiary/aromatic N) is 5. The van der Waals surface area contributed by atoms with Gasteiger partial charge in [-0.1, -0.05) is 29.3 Å². The first kappa shape index (κ1) is 22.5. The van der Waals surface area contributed by atoms with Gasteiger partial charge in [0, 0.05) is 38.4 Å². The normalized spacial score (nSPS) is 14.8. The average Bonchev–Trinajstić information content (AvgIpc) is 2.98. The Morgan fingerprint density at radius 1 is 1.00 bits per heavy atom. The van der Waals surface area contributed by atoms with E-state index in [1.54, 1.807) is 42.7 Å². The van der Waals surface area contributed by atoms with E-state index < -0.39 is 0 Å². The number of carbonyl (C=O) groups excluding carboxylic acids is 1. The van der Waals surface area contributed by atoms with Gasteiger partial charge in [0.1, 0.15) is 11.6 Å². The Morgan fingerprint density at radius 2 is 1.78 bits per heavy atom. The second-order valence-electron chi connectivity index (χ2n) is 7.76. The number of pyridine rings is 1. The summed E-state index contributed by atoms with van der Waals surface area (Å²) in [5.74, 6) is 1.80. The third kappa shape index (κ3) is 5.54. The predicted octanol–water partition coefficient (Wildman–Crippen LogP) is 4.49. The summed E-state index contributed by atoms with van der Waals surface area (Å²) in [6.45, 7) is 3.87. The molecule has 0 saturated carbocycles. The number of hydrogen-bond donors (Lipinski definition) is 1. The molecule has 1 saturated heterocycles. The van der Waals surface area contributed by atoms with Crippen LogP contribution in [0.4, 0.5) is 17.6 Å². The number of anilines is 3. The number of aromatic nitrogens is 3. The third-order valence-electron chi connectivity index (χ3n) is 5.33. The van der Waals surface area contributed by atoms with Gasteiger partial charge in [0.15, 0.2) is 5.78 Å². The van der Waals surface area contributed by atoms with Crippen molar-refractivity contribution >= 4 is 46.6 Å². The van der Waals surface area contributed by atoms with Crippen LogP contribution in [-0.4, -0.2) is 58.9 Å². The van der Waals surface area contributed by atoms with Crippen LogP contribution in [0, 0.1) is 0 Å². The number of halogens is 2. The second kappa shape index (κ2) is 10.3. The predicted molar refractivity (Wildman–Crippen MR) is 128 cm³/mol. The van der Waals surface area contributed by atoms with Gasteiger partial charge in [-0.15, -0.1) is 0 Å². The highest BCUT2D eigenvalue weighted by atomic mass is 35.5. The van der Waals surface area contributed by atoms with Crippen molar-refractivity contribution in [1.29, 1.82) is 0 Å². The summed E-state index contributed by atoms with van der Waals surface area (Å²) in [6, 6.07) is 10.5. The molecule has 7 nitrogen and oxygen atoms in total. The maximum atomic E-state index is 12.8. The van der Waals surface area contributed by atoms with Gasteiger partial charge in [-0.3, -0.25) is 4.79 Å². The molecule has 0 spiro atoms. The smallest absolute Gasteiger partial charge is 0.227 e. The van der Waals surface area contributed by atoms with Gasteiger partial charge in [0.25, 0.3) is 0 Å². The topological polar surface area (TPSA) is 74.2 Å². The molecule has 1 aliphatic rings. The summed E-state index contributed by atoms with van der Waals surface area (Å²) >= 11 is 12.4. The highest BCUT2D eigenvalue weighted by Crippen LogP contribution is 2.26. The van der Waals surface area contributed by atoms with Gasteiger partial charge in [-0.25, -0.2) is 9.97 Å². The molecule has 2 aromatic heterocycles. The zero-order chi connectivity index (χ0) is 22.5. The Morgan fingerprint density at radius 3 is 2.59 bits per heavy atom. The van der Waals surface area contributed by atoms with Gasteiger partial charge in [-0.05, 0) is 55.9 Å². The fourth-order valence-electron chi connectivity index (χ4n) is 3.64. The van der Waals surface area contributed by atoms with Gasteiger partial charge in [0.05, 0.1) is 15.6 Å². The van der Waals surface area contributed by atoms with Crippen molar-refractivity contribution in [3.05, 3.63) is 70.0 Å². The van der Waals surface area contributed by atoms with Crippen molar-refractivity contribution in [2.45, 2.75) is 12.8 Å². The van der Waals surface area contributed by atoms with E-state index in [0.29, 0.717) is 33.2 Å². The number of ketones is 1. The zero-order valence-electron chi connectivity index (χ0n) is 17.8. The van der Waals surface area contributed by atoms with Crippen molar-refractivity contribution < 1.29 is 4.79 Å². The van der Waals surface area contributed by atoms with Crippen LogP contribution < -0.4 is 10.2 Å². The van der Waals surface area contributed by atoms with E-state index in [-0.39, 0.29) is 12.2 Å². The summed E-state index contributed by atoms with van der Waals surface area (Å²) in [5, 5.41) is 3.92. The monoisotopic (exact) mass is 470 g/mol. The van der Waals surface area contributed by atoms with Crippen LogP contribution in [0.5, 0.6) is 0 Å². The number of hydrogen-bond acceptors (Lipinski definition) is 7. The number of nitrogens with one attached hydrogen (secondary N) is 1. The Bertz CT molecular complexity index is 1090. The van der Waals surface area contributed by atoms with E-state index in [1.165, 1.54) is 0 Å². The SMILES string of the molecule is CN1CCCN(c2nccc(Nc3cc(CC(=O)c4c(Cl)cccc4Cl)ccn3)n2)CC1. The van der Waals surface area contributed by atoms with E-state index >= 15 is 0 Å². The minimum Gasteiger partial charge on any atom is -0.339 e. The molecule has 0 radical (unpaired) electrons. The molecular formula is C23H24Cl2N6O. The van der Waals surface area contributed by atoms with Crippen LogP contribution in [0.25, 0.3) is 0 Å². The molecule has 3 aromatic rings. The maximum Gasteiger partial charge on any atom is 0.227 e. The van der Waals surface area contributed by atoms with E-state index in [0.717, 1.165) is 38.2 Å². The van der Waals surface area contributed by atoms with Crippen LogP contribution in [0.3, 0.4) is 0 Å². The largest absolute Gasteiger partial charge is 0.339 e. The lowest BCUT2D eigenvalue weighted by molar-refractivity contribution is 0.0993. The molecule has 166 valence electrons. The number of rotatable bonds is 6. The zero-order valence-corrected chi connectivity index (χ0v) is 19.3. The third-order valence-corrected chi connectivity index (χ3v) is 5.96. The van der Waals surface area contributed by atoms with Crippen LogP contribution in [0.15, 0.2) is 48.8 Å². The van der Waals surface area contributed by atoms with E-state index in [9.17, 15) is 4.79 Å². The van der Waals surface area contributed by atoms with Gasteiger partial charge in [-0.2, -0.15) is 4.98 Å². The highest BCUT2D eigenvalue weighted by molar-refractivity contribution is 6.39. The molecule has 9 heteroatoms. The van der Waals surface area contributed by atoms with Crippen molar-refractivity contribution in [3.8, 4) is 0 Å². The van der Waals surface area contributed by atoms with E-state index in [2.05, 4.69) is 37.1 Å². The molecular weight excluding hydrogens is 447 g/mol. The van der Waals surface area contributed by atoms with Crippen molar-refractivity contribution in [1.82, 2.24) is 19.9 Å². The molecule has 0 bridgehead atoms. The molecule has 0 atom stereocenters. The molecule has 1 aromatic carbocycles. The average molecular weight is 471 g/mol. The lowest BCUT2D eigenvalue weighted by Crippen LogP contribution is -2.30. The van der Waals surface area contributed by atoms with Crippen LogP contribution in [0.1, 0.15) is 22.3 Å². The summed E-state index contributed by atoms with van der Waals surface area (Å²) < 4.78 is 0. The minimum absolute atomic E-state index is 0.145. The molecule has 0 unspecified atom stereocenters. The summed E-state index contributed by atoms with van der Waals surface area (Å²) in [4.78, 5) is 30.7. The second-order valence-corrected chi connectivity index (χ2v) is 8.57. The molecule has 3 heterocycles. The Labute approximate surface area is 197 Å². The molecule has 1 fully saturated rings. The van der Waals surface area contributed by atoms with E-state index in [4.69, 9.17) is 23.2 Å². The molecule has 1 aliphatic heterocycles. The molecule has 0 aliphatic carbocycles. The molecule has 32 heavy (non-hydrogen) atoms. The number of likely N-dealkylation sites (N-methyl/N-ethyl adjacent to an activating group) is 1. The Balaban J connectivity index is 1.47. The number of benzene rings is 1. The maximum absolute atomic E-state index is 12.8. The fourth-order valence-corrected chi connectivity index (χ4v) is 4.25.